The van der Waals surface area contributed by atoms with Crippen molar-refractivity contribution in [2.45, 2.75) is 0 Å². The predicted molar refractivity (Wildman–Crippen MR) is 102 cm³/mol. The van der Waals surface area contributed by atoms with Crippen LogP contribution in [0.4, 0.5) is 0 Å². The lowest BCUT2D eigenvalue weighted by Gasteiger charge is -2.16. The molecule has 0 heteroatoms. The molecule has 0 nitrogen and oxygen atoms in total. The Morgan fingerprint density at radius 3 is 1.21 bits per heavy atom. The Morgan fingerprint density at radius 2 is 0.792 bits per heavy atom. The molecule has 0 spiro atoms. The third kappa shape index (κ3) is 2.75. The maximum atomic E-state index is 3.34. The van der Waals surface area contributed by atoms with Gasteiger partial charge in [-0.2, -0.15) is 0 Å². The Hall–Kier alpha value is -3.12. The molecule has 0 saturated carbocycles. The highest BCUT2D eigenvalue weighted by Crippen LogP contribution is 2.39. The summed E-state index contributed by atoms with van der Waals surface area (Å²) in [5, 5.41) is 0. The summed E-state index contributed by atoms with van der Waals surface area (Å²) in [7, 11) is 0. The van der Waals surface area contributed by atoms with Crippen molar-refractivity contribution in [3.05, 3.63) is 109 Å². The zero-order valence-corrected chi connectivity index (χ0v) is 13.3. The predicted octanol–water partition coefficient (Wildman–Crippen LogP) is 6.49. The van der Waals surface area contributed by atoms with E-state index in [-0.39, 0.29) is 0 Å². The van der Waals surface area contributed by atoms with E-state index in [9.17, 15) is 0 Å². The molecule has 4 aromatic rings. The fourth-order valence-corrected chi connectivity index (χ4v) is 3.10. The highest BCUT2D eigenvalue weighted by atomic mass is 14.2. The normalized spacial score (nSPS) is 10.5. The molecule has 113 valence electrons. The van der Waals surface area contributed by atoms with E-state index in [0.717, 1.165) is 0 Å². The van der Waals surface area contributed by atoms with Crippen molar-refractivity contribution in [1.82, 2.24) is 0 Å². The third-order valence-electron chi connectivity index (χ3n) is 4.23. The summed E-state index contributed by atoms with van der Waals surface area (Å²) in [6, 6.07) is 39.2. The number of benzene rings is 4. The largest absolute Gasteiger partial charge is 0.0622 e. The van der Waals surface area contributed by atoms with Crippen molar-refractivity contribution in [1.29, 1.82) is 0 Å². The zero-order valence-electron chi connectivity index (χ0n) is 13.3. The lowest BCUT2D eigenvalue weighted by atomic mass is 9.88. The number of rotatable bonds is 3. The molecular formula is C24H17. The van der Waals surface area contributed by atoms with Crippen LogP contribution < -0.4 is 0 Å². The van der Waals surface area contributed by atoms with Crippen molar-refractivity contribution in [2.24, 2.45) is 0 Å². The molecule has 4 rings (SSSR count). The van der Waals surface area contributed by atoms with Crippen LogP contribution in [0.3, 0.4) is 0 Å². The van der Waals surface area contributed by atoms with Gasteiger partial charge in [-0.15, -0.1) is 0 Å². The lowest BCUT2D eigenvalue weighted by molar-refractivity contribution is 1.55. The number of hydrogen-bond acceptors (Lipinski definition) is 0. The summed E-state index contributed by atoms with van der Waals surface area (Å²) in [4.78, 5) is 0. The molecule has 0 bridgehead atoms. The Labute approximate surface area is 143 Å². The summed E-state index contributed by atoms with van der Waals surface area (Å²) in [5.74, 6) is 0. The first-order valence-electron chi connectivity index (χ1n) is 8.14. The molecule has 24 heavy (non-hydrogen) atoms. The number of hydrogen-bond donors (Lipinski definition) is 0. The van der Waals surface area contributed by atoms with E-state index in [2.05, 4.69) is 109 Å². The summed E-state index contributed by atoms with van der Waals surface area (Å²) in [6.45, 7) is 0. The van der Waals surface area contributed by atoms with E-state index in [4.69, 9.17) is 0 Å². The molecule has 0 aliphatic heterocycles. The van der Waals surface area contributed by atoms with Gasteiger partial charge in [-0.1, -0.05) is 91.0 Å². The smallest absolute Gasteiger partial charge is 0.00264 e. The van der Waals surface area contributed by atoms with Gasteiger partial charge in [0.1, 0.15) is 0 Å². The van der Waals surface area contributed by atoms with Gasteiger partial charge in [0.2, 0.25) is 0 Å². The van der Waals surface area contributed by atoms with Gasteiger partial charge in [-0.25, -0.2) is 0 Å². The summed E-state index contributed by atoms with van der Waals surface area (Å²) < 4.78 is 0. The average Bonchev–Trinajstić information content (AvgIpc) is 2.69. The molecule has 0 heterocycles. The first-order valence-corrected chi connectivity index (χ1v) is 8.14. The molecule has 0 amide bonds. The maximum absolute atomic E-state index is 3.34. The SMILES string of the molecule is [c]1cc(-c2ccccc2)c(-c2ccccc2)c(-c2ccccc2)c1. The monoisotopic (exact) mass is 305 g/mol. The minimum absolute atomic E-state index is 1.21. The fourth-order valence-electron chi connectivity index (χ4n) is 3.10. The van der Waals surface area contributed by atoms with Crippen LogP contribution in [-0.4, -0.2) is 0 Å². The second-order valence-electron chi connectivity index (χ2n) is 5.76. The molecule has 0 saturated heterocycles. The maximum Gasteiger partial charge on any atom is -0.00264 e. The summed E-state index contributed by atoms with van der Waals surface area (Å²) in [6.07, 6.45) is 0. The van der Waals surface area contributed by atoms with Crippen LogP contribution in [0.2, 0.25) is 0 Å². The van der Waals surface area contributed by atoms with Crippen LogP contribution in [0.1, 0.15) is 0 Å². The fraction of sp³-hybridized carbons (Fsp3) is 0. The van der Waals surface area contributed by atoms with Crippen molar-refractivity contribution >= 4 is 0 Å². The minimum Gasteiger partial charge on any atom is -0.0622 e. The Morgan fingerprint density at radius 1 is 0.417 bits per heavy atom. The van der Waals surface area contributed by atoms with Crippen molar-refractivity contribution in [2.75, 3.05) is 0 Å². The second kappa shape index (κ2) is 6.55. The molecule has 1 radical (unpaired) electrons. The van der Waals surface area contributed by atoms with E-state index in [1.54, 1.807) is 0 Å². The van der Waals surface area contributed by atoms with Gasteiger partial charge in [0.05, 0.1) is 0 Å². The van der Waals surface area contributed by atoms with E-state index in [0.29, 0.717) is 0 Å². The van der Waals surface area contributed by atoms with Crippen LogP contribution in [0, 0.1) is 6.07 Å². The zero-order chi connectivity index (χ0) is 16.2. The summed E-state index contributed by atoms with van der Waals surface area (Å²) in [5.41, 5.74) is 7.33. The van der Waals surface area contributed by atoms with Gasteiger partial charge in [-0.3, -0.25) is 0 Å². The van der Waals surface area contributed by atoms with Gasteiger partial charge in [0.15, 0.2) is 0 Å². The van der Waals surface area contributed by atoms with Gasteiger partial charge < -0.3 is 0 Å². The van der Waals surface area contributed by atoms with Crippen LogP contribution in [0.25, 0.3) is 33.4 Å². The molecule has 0 aromatic heterocycles. The van der Waals surface area contributed by atoms with Gasteiger partial charge in [-0.05, 0) is 51.6 Å². The Bertz CT molecular complexity index is 866. The molecule has 0 N–H and O–H groups in total. The van der Waals surface area contributed by atoms with Crippen LogP contribution >= 0.6 is 0 Å². The third-order valence-corrected chi connectivity index (χ3v) is 4.23. The van der Waals surface area contributed by atoms with E-state index < -0.39 is 0 Å². The lowest BCUT2D eigenvalue weighted by Crippen LogP contribution is -1.90. The van der Waals surface area contributed by atoms with Gasteiger partial charge in [0.25, 0.3) is 0 Å². The van der Waals surface area contributed by atoms with E-state index in [1.807, 2.05) is 0 Å². The highest BCUT2D eigenvalue weighted by Gasteiger charge is 2.13. The molecule has 0 atom stereocenters. The molecule has 0 fully saturated rings. The summed E-state index contributed by atoms with van der Waals surface area (Å²) >= 11 is 0. The Balaban J connectivity index is 2.02. The van der Waals surface area contributed by atoms with Crippen molar-refractivity contribution in [3.63, 3.8) is 0 Å². The van der Waals surface area contributed by atoms with Crippen molar-refractivity contribution in [3.8, 4) is 33.4 Å². The van der Waals surface area contributed by atoms with E-state index in [1.165, 1.54) is 33.4 Å². The van der Waals surface area contributed by atoms with Crippen molar-refractivity contribution < 1.29 is 0 Å². The molecule has 0 aliphatic carbocycles. The first kappa shape index (κ1) is 14.5. The molecule has 4 aromatic carbocycles. The first-order chi connectivity index (χ1) is 11.9. The second-order valence-corrected chi connectivity index (χ2v) is 5.76. The minimum atomic E-state index is 1.21. The van der Waals surface area contributed by atoms with Gasteiger partial charge in [0, 0.05) is 0 Å². The Kier molecular flexibility index (Phi) is 3.95. The quantitative estimate of drug-likeness (QED) is 0.406. The molecule has 0 unspecified atom stereocenters. The van der Waals surface area contributed by atoms with Gasteiger partial charge >= 0.3 is 0 Å². The van der Waals surface area contributed by atoms with Crippen LogP contribution in [0.5, 0.6) is 0 Å². The molecule has 0 aliphatic rings. The van der Waals surface area contributed by atoms with Crippen LogP contribution in [-0.2, 0) is 0 Å². The van der Waals surface area contributed by atoms with Crippen LogP contribution in [0.15, 0.2) is 103 Å². The average molecular weight is 305 g/mol. The van der Waals surface area contributed by atoms with E-state index >= 15 is 0 Å². The highest BCUT2D eigenvalue weighted by molar-refractivity contribution is 5.94. The standard InChI is InChI=1S/C24H17/c1-4-11-19(12-5-1)22-17-10-18-23(20-13-6-2-7-14-20)24(22)21-15-8-3-9-16-21/h1-9,11-18H. The molecular weight excluding hydrogens is 288 g/mol. The topological polar surface area (TPSA) is 0 Å².